The van der Waals surface area contributed by atoms with Gasteiger partial charge in [-0.15, -0.1) is 5.10 Å². The van der Waals surface area contributed by atoms with Crippen LogP contribution in [0.2, 0.25) is 0 Å². The van der Waals surface area contributed by atoms with E-state index in [4.69, 9.17) is 0 Å². The van der Waals surface area contributed by atoms with Crippen LogP contribution < -0.4 is 5.32 Å². The van der Waals surface area contributed by atoms with Gasteiger partial charge in [0.05, 0.1) is 5.69 Å². The lowest BCUT2D eigenvalue weighted by Crippen LogP contribution is -2.08. The third kappa shape index (κ3) is 2.22. The van der Waals surface area contributed by atoms with Crippen molar-refractivity contribution in [2.75, 3.05) is 12.4 Å². The van der Waals surface area contributed by atoms with Gasteiger partial charge in [0.2, 0.25) is 5.95 Å². The zero-order valence-corrected chi connectivity index (χ0v) is 8.86. The number of rotatable bonds is 2. The number of nitrogens with zero attached hydrogens (tertiary/aromatic N) is 3. The topological polar surface area (TPSA) is 42.7 Å². The summed E-state index contributed by atoms with van der Waals surface area (Å²) >= 11 is 0. The summed E-state index contributed by atoms with van der Waals surface area (Å²) in [5.74, 6) is -1.12. The van der Waals surface area contributed by atoms with Crippen LogP contribution >= 0.6 is 0 Å². The Kier molecular flexibility index (Phi) is 2.74. The quantitative estimate of drug-likeness (QED) is 0.878. The first-order chi connectivity index (χ1) is 8.02. The molecule has 0 atom stereocenters. The molecule has 0 aliphatic rings. The zero-order chi connectivity index (χ0) is 12.5. The van der Waals surface area contributed by atoms with E-state index in [0.29, 0.717) is 5.69 Å². The lowest BCUT2D eigenvalue weighted by Gasteiger charge is -2.03. The predicted molar refractivity (Wildman–Crippen MR) is 55.9 cm³/mol. The lowest BCUT2D eigenvalue weighted by molar-refractivity contribution is -0.144. The molecule has 0 fully saturated rings. The summed E-state index contributed by atoms with van der Waals surface area (Å²) in [6.07, 6.45) is -4.55. The van der Waals surface area contributed by atoms with Crippen LogP contribution in [0.15, 0.2) is 30.3 Å². The Morgan fingerprint density at radius 3 is 2.35 bits per heavy atom. The summed E-state index contributed by atoms with van der Waals surface area (Å²) in [6.45, 7) is 0. The van der Waals surface area contributed by atoms with E-state index in [1.165, 1.54) is 7.05 Å². The molecule has 17 heavy (non-hydrogen) atoms. The molecule has 1 N–H and O–H groups in total. The van der Waals surface area contributed by atoms with Crippen molar-refractivity contribution < 1.29 is 13.2 Å². The Hall–Kier alpha value is -2.05. The highest BCUT2D eigenvalue weighted by atomic mass is 19.4. The number of para-hydroxylation sites is 1. The Bertz CT molecular complexity index is 504. The molecule has 0 radical (unpaired) electrons. The van der Waals surface area contributed by atoms with E-state index < -0.39 is 12.0 Å². The van der Waals surface area contributed by atoms with E-state index in [2.05, 4.69) is 15.4 Å². The molecule has 90 valence electrons. The first kappa shape index (κ1) is 11.4. The first-order valence-electron chi connectivity index (χ1n) is 4.80. The van der Waals surface area contributed by atoms with E-state index in [1.807, 2.05) is 0 Å². The van der Waals surface area contributed by atoms with E-state index in [1.54, 1.807) is 30.3 Å². The summed E-state index contributed by atoms with van der Waals surface area (Å²) in [7, 11) is 1.49. The molecule has 0 amide bonds. The minimum Gasteiger partial charge on any atom is -0.357 e. The molecule has 0 saturated heterocycles. The molecule has 0 bridgehead atoms. The smallest absolute Gasteiger partial charge is 0.357 e. The SMILES string of the molecule is CNc1nc(C(F)(F)F)nn1-c1ccccc1. The van der Waals surface area contributed by atoms with Crippen LogP contribution in [-0.4, -0.2) is 21.8 Å². The standard InChI is InChI=1S/C10H9F3N4/c1-14-9-15-8(10(11,12)13)16-17(9)7-5-3-2-4-6-7/h2-6H,1H3,(H,14,15,16). The van der Waals surface area contributed by atoms with Crippen LogP contribution in [-0.2, 0) is 6.18 Å². The maximum atomic E-state index is 12.5. The van der Waals surface area contributed by atoms with Crippen molar-refractivity contribution >= 4 is 5.95 Å². The third-order valence-electron chi connectivity index (χ3n) is 2.09. The molecule has 2 rings (SSSR count). The molecule has 0 aliphatic heterocycles. The van der Waals surface area contributed by atoms with Crippen molar-refractivity contribution in [1.29, 1.82) is 0 Å². The van der Waals surface area contributed by atoms with Gasteiger partial charge < -0.3 is 5.32 Å². The summed E-state index contributed by atoms with van der Waals surface area (Å²) < 4.78 is 38.5. The first-order valence-corrected chi connectivity index (χ1v) is 4.80. The highest BCUT2D eigenvalue weighted by Gasteiger charge is 2.37. The minimum atomic E-state index is -4.55. The number of hydrogen-bond donors (Lipinski definition) is 1. The van der Waals surface area contributed by atoms with Gasteiger partial charge in [-0.3, -0.25) is 0 Å². The number of anilines is 1. The van der Waals surface area contributed by atoms with Crippen molar-refractivity contribution in [3.05, 3.63) is 36.2 Å². The lowest BCUT2D eigenvalue weighted by atomic mass is 10.3. The monoisotopic (exact) mass is 242 g/mol. The fourth-order valence-electron chi connectivity index (χ4n) is 1.34. The highest BCUT2D eigenvalue weighted by Crippen LogP contribution is 2.28. The third-order valence-corrected chi connectivity index (χ3v) is 2.09. The number of hydrogen-bond acceptors (Lipinski definition) is 3. The average Bonchev–Trinajstić information content (AvgIpc) is 2.73. The van der Waals surface area contributed by atoms with E-state index >= 15 is 0 Å². The Morgan fingerprint density at radius 1 is 1.18 bits per heavy atom. The van der Waals surface area contributed by atoms with Crippen LogP contribution in [0.3, 0.4) is 0 Å². The van der Waals surface area contributed by atoms with Crippen LogP contribution in [0.25, 0.3) is 5.69 Å². The molecular formula is C10H9F3N4. The van der Waals surface area contributed by atoms with Crippen molar-refractivity contribution in [2.24, 2.45) is 0 Å². The number of nitrogens with one attached hydrogen (secondary N) is 1. The van der Waals surface area contributed by atoms with Gasteiger partial charge in [-0.05, 0) is 12.1 Å². The van der Waals surface area contributed by atoms with Crippen molar-refractivity contribution in [3.8, 4) is 5.69 Å². The average molecular weight is 242 g/mol. The Morgan fingerprint density at radius 2 is 1.82 bits per heavy atom. The van der Waals surface area contributed by atoms with Gasteiger partial charge >= 0.3 is 6.18 Å². The molecule has 0 saturated carbocycles. The fourth-order valence-corrected chi connectivity index (χ4v) is 1.34. The second-order valence-electron chi connectivity index (χ2n) is 3.25. The van der Waals surface area contributed by atoms with Gasteiger partial charge in [0.15, 0.2) is 0 Å². The molecule has 7 heteroatoms. The van der Waals surface area contributed by atoms with Crippen LogP contribution in [0, 0.1) is 0 Å². The fraction of sp³-hybridized carbons (Fsp3) is 0.200. The van der Waals surface area contributed by atoms with Gasteiger partial charge in [0.25, 0.3) is 5.82 Å². The van der Waals surface area contributed by atoms with Crippen LogP contribution in [0.5, 0.6) is 0 Å². The van der Waals surface area contributed by atoms with Crippen LogP contribution in [0.4, 0.5) is 19.1 Å². The number of aromatic nitrogens is 3. The van der Waals surface area contributed by atoms with Gasteiger partial charge in [-0.2, -0.15) is 22.8 Å². The van der Waals surface area contributed by atoms with Gasteiger partial charge in [0, 0.05) is 7.05 Å². The molecule has 1 heterocycles. The molecule has 1 aromatic carbocycles. The van der Waals surface area contributed by atoms with Crippen molar-refractivity contribution in [1.82, 2.24) is 14.8 Å². The molecule has 4 nitrogen and oxygen atoms in total. The second-order valence-corrected chi connectivity index (χ2v) is 3.25. The van der Waals surface area contributed by atoms with Crippen molar-refractivity contribution in [3.63, 3.8) is 0 Å². The van der Waals surface area contributed by atoms with E-state index in [9.17, 15) is 13.2 Å². The molecule has 0 aliphatic carbocycles. The molecule has 0 spiro atoms. The van der Waals surface area contributed by atoms with Gasteiger partial charge in [0.1, 0.15) is 0 Å². The normalized spacial score (nSPS) is 11.5. The largest absolute Gasteiger partial charge is 0.453 e. The molecule has 1 aromatic heterocycles. The van der Waals surface area contributed by atoms with E-state index in [0.717, 1.165) is 4.68 Å². The summed E-state index contributed by atoms with van der Waals surface area (Å²) in [4.78, 5) is 3.39. The maximum Gasteiger partial charge on any atom is 0.453 e. The summed E-state index contributed by atoms with van der Waals surface area (Å²) in [6, 6.07) is 8.49. The maximum absolute atomic E-state index is 12.5. The zero-order valence-electron chi connectivity index (χ0n) is 8.86. The van der Waals surface area contributed by atoms with E-state index in [-0.39, 0.29) is 5.95 Å². The van der Waals surface area contributed by atoms with Gasteiger partial charge in [-0.1, -0.05) is 18.2 Å². The number of alkyl halides is 3. The van der Waals surface area contributed by atoms with Gasteiger partial charge in [-0.25, -0.2) is 0 Å². The summed E-state index contributed by atoms with van der Waals surface area (Å²) in [5, 5.41) is 6.02. The highest BCUT2D eigenvalue weighted by molar-refractivity contribution is 5.39. The molecular weight excluding hydrogens is 233 g/mol. The number of halogens is 3. The second kappa shape index (κ2) is 4.08. The number of benzene rings is 1. The Balaban J connectivity index is 2.51. The summed E-state index contributed by atoms with van der Waals surface area (Å²) in [5.41, 5.74) is 0.514. The molecule has 2 aromatic rings. The molecule has 0 unspecified atom stereocenters. The van der Waals surface area contributed by atoms with Crippen LogP contribution in [0.1, 0.15) is 5.82 Å². The minimum absolute atomic E-state index is 0.0449. The predicted octanol–water partition coefficient (Wildman–Crippen LogP) is 2.33. The van der Waals surface area contributed by atoms with Crippen molar-refractivity contribution in [2.45, 2.75) is 6.18 Å². The Labute approximate surface area is 95.1 Å².